The van der Waals surface area contributed by atoms with Gasteiger partial charge in [0, 0.05) is 31.6 Å². The number of likely N-dealkylation sites (tertiary alicyclic amines) is 1. The van der Waals surface area contributed by atoms with Crippen LogP contribution in [0, 0.1) is 11.3 Å². The average molecular weight is 307 g/mol. The minimum Gasteiger partial charge on any atom is -0.359 e. The Morgan fingerprint density at radius 2 is 1.73 bits per heavy atom. The summed E-state index contributed by atoms with van der Waals surface area (Å²) in [4.78, 5) is 26.8. The lowest BCUT2D eigenvalue weighted by Crippen LogP contribution is -2.45. The van der Waals surface area contributed by atoms with Gasteiger partial charge in [-0.2, -0.15) is 0 Å². The molecular formula is C17H29N3O2. The predicted molar refractivity (Wildman–Crippen MR) is 85.4 cm³/mol. The SMILES string of the molecule is CNC(=O)[C@H]1CN(C(=O)NC2CCCCC2)CC12CCCC2. The maximum Gasteiger partial charge on any atom is 0.317 e. The van der Waals surface area contributed by atoms with Crippen LogP contribution in [0.1, 0.15) is 57.8 Å². The molecule has 1 atom stereocenters. The second kappa shape index (κ2) is 6.47. The maximum absolute atomic E-state index is 12.6. The molecule has 5 heteroatoms. The summed E-state index contributed by atoms with van der Waals surface area (Å²) >= 11 is 0. The van der Waals surface area contributed by atoms with E-state index in [1.165, 1.54) is 32.1 Å². The maximum atomic E-state index is 12.6. The molecule has 0 aromatic carbocycles. The number of nitrogens with one attached hydrogen (secondary N) is 2. The highest BCUT2D eigenvalue weighted by Gasteiger charge is 2.52. The van der Waals surface area contributed by atoms with Crippen molar-refractivity contribution in [1.82, 2.24) is 15.5 Å². The minimum absolute atomic E-state index is 0.0305. The minimum atomic E-state index is -0.0305. The number of carbonyl (C=O) groups is 2. The summed E-state index contributed by atoms with van der Waals surface area (Å²) in [6.07, 6.45) is 10.5. The molecular weight excluding hydrogens is 278 g/mol. The fourth-order valence-electron chi connectivity index (χ4n) is 4.76. The van der Waals surface area contributed by atoms with Gasteiger partial charge in [-0.05, 0) is 25.7 Å². The lowest BCUT2D eigenvalue weighted by molar-refractivity contribution is -0.127. The van der Waals surface area contributed by atoms with Crippen LogP contribution >= 0.6 is 0 Å². The van der Waals surface area contributed by atoms with Crippen LogP contribution in [0.2, 0.25) is 0 Å². The van der Waals surface area contributed by atoms with Crippen molar-refractivity contribution in [2.75, 3.05) is 20.1 Å². The summed E-state index contributed by atoms with van der Waals surface area (Å²) in [6, 6.07) is 0.379. The first-order valence-electron chi connectivity index (χ1n) is 8.92. The van der Waals surface area contributed by atoms with E-state index in [-0.39, 0.29) is 23.3 Å². The molecule has 1 spiro atoms. The van der Waals surface area contributed by atoms with E-state index in [0.717, 1.165) is 32.2 Å². The van der Waals surface area contributed by atoms with Gasteiger partial charge in [-0.25, -0.2) is 4.79 Å². The second-order valence-electron chi connectivity index (χ2n) is 7.40. The summed E-state index contributed by atoms with van der Waals surface area (Å²) in [5, 5.41) is 6.00. The molecule has 2 N–H and O–H groups in total. The van der Waals surface area contributed by atoms with Gasteiger partial charge in [0.15, 0.2) is 0 Å². The average Bonchev–Trinajstić information content (AvgIpc) is 3.16. The van der Waals surface area contributed by atoms with Gasteiger partial charge in [0.1, 0.15) is 0 Å². The van der Waals surface area contributed by atoms with Gasteiger partial charge in [0.25, 0.3) is 0 Å². The van der Waals surface area contributed by atoms with Crippen molar-refractivity contribution in [2.45, 2.75) is 63.8 Å². The standard InChI is InChI=1S/C17H29N3O2/c1-18-15(21)14-11-20(12-17(14)9-5-6-10-17)16(22)19-13-7-3-2-4-8-13/h13-14H,2-12H2,1H3,(H,18,21)(H,19,22)/t14-/m1/s1. The molecule has 5 nitrogen and oxygen atoms in total. The van der Waals surface area contributed by atoms with Gasteiger partial charge in [-0.1, -0.05) is 32.1 Å². The third kappa shape index (κ3) is 2.95. The summed E-state index contributed by atoms with van der Waals surface area (Å²) in [7, 11) is 1.70. The van der Waals surface area contributed by atoms with Gasteiger partial charge in [-0.15, -0.1) is 0 Å². The number of hydrogen-bond donors (Lipinski definition) is 2. The Labute approximate surface area is 133 Å². The van der Waals surface area contributed by atoms with Crippen LogP contribution in [-0.4, -0.2) is 43.0 Å². The van der Waals surface area contributed by atoms with Crippen LogP contribution in [0.25, 0.3) is 0 Å². The number of urea groups is 1. The highest BCUT2D eigenvalue weighted by Crippen LogP contribution is 2.49. The molecule has 1 aliphatic heterocycles. The summed E-state index contributed by atoms with van der Waals surface area (Å²) < 4.78 is 0. The third-order valence-corrected chi connectivity index (χ3v) is 6.03. The number of nitrogens with zero attached hydrogens (tertiary/aromatic N) is 1. The van der Waals surface area contributed by atoms with Gasteiger partial charge >= 0.3 is 6.03 Å². The Kier molecular flexibility index (Phi) is 4.59. The van der Waals surface area contributed by atoms with Crippen molar-refractivity contribution in [3.05, 3.63) is 0 Å². The number of hydrogen-bond acceptors (Lipinski definition) is 2. The zero-order valence-corrected chi connectivity index (χ0v) is 13.7. The van der Waals surface area contributed by atoms with Crippen LogP contribution < -0.4 is 10.6 Å². The van der Waals surface area contributed by atoms with E-state index in [1.54, 1.807) is 7.05 Å². The topological polar surface area (TPSA) is 61.4 Å². The largest absolute Gasteiger partial charge is 0.359 e. The third-order valence-electron chi connectivity index (χ3n) is 6.03. The normalized spacial score (nSPS) is 28.0. The Hall–Kier alpha value is -1.26. The quantitative estimate of drug-likeness (QED) is 0.822. The molecule has 0 aromatic heterocycles. The Bertz CT molecular complexity index is 426. The molecule has 3 fully saturated rings. The first-order chi connectivity index (χ1) is 10.6. The van der Waals surface area contributed by atoms with Crippen molar-refractivity contribution in [3.8, 4) is 0 Å². The van der Waals surface area contributed by atoms with Crippen molar-refractivity contribution < 1.29 is 9.59 Å². The first kappa shape index (κ1) is 15.6. The molecule has 0 unspecified atom stereocenters. The van der Waals surface area contributed by atoms with Crippen molar-refractivity contribution in [3.63, 3.8) is 0 Å². The van der Waals surface area contributed by atoms with Crippen molar-refractivity contribution in [2.24, 2.45) is 11.3 Å². The molecule has 2 saturated carbocycles. The van der Waals surface area contributed by atoms with Gasteiger partial charge in [0.2, 0.25) is 5.91 Å². The fourth-order valence-corrected chi connectivity index (χ4v) is 4.76. The number of rotatable bonds is 2. The van der Waals surface area contributed by atoms with Gasteiger partial charge in [0.05, 0.1) is 5.92 Å². The smallest absolute Gasteiger partial charge is 0.317 e. The van der Waals surface area contributed by atoms with Gasteiger partial charge in [-0.3, -0.25) is 4.79 Å². The predicted octanol–water partition coefficient (Wildman–Crippen LogP) is 2.27. The van der Waals surface area contributed by atoms with Gasteiger partial charge < -0.3 is 15.5 Å². The molecule has 0 aromatic rings. The Balaban J connectivity index is 1.64. The van der Waals surface area contributed by atoms with E-state index < -0.39 is 0 Å². The molecule has 0 radical (unpaired) electrons. The molecule has 3 aliphatic rings. The Morgan fingerprint density at radius 3 is 2.36 bits per heavy atom. The van der Waals surface area contributed by atoms with Crippen LogP contribution in [0.4, 0.5) is 4.79 Å². The van der Waals surface area contributed by atoms with E-state index in [4.69, 9.17) is 0 Å². The van der Waals surface area contributed by atoms with Crippen molar-refractivity contribution in [1.29, 1.82) is 0 Å². The second-order valence-corrected chi connectivity index (χ2v) is 7.40. The van der Waals surface area contributed by atoms with E-state index in [0.29, 0.717) is 12.6 Å². The molecule has 124 valence electrons. The molecule has 22 heavy (non-hydrogen) atoms. The van der Waals surface area contributed by atoms with Crippen LogP contribution in [0.5, 0.6) is 0 Å². The highest BCUT2D eigenvalue weighted by molar-refractivity contribution is 5.82. The molecule has 3 rings (SSSR count). The van der Waals surface area contributed by atoms with E-state index >= 15 is 0 Å². The lowest BCUT2D eigenvalue weighted by atomic mass is 9.76. The number of amides is 3. The van der Waals surface area contributed by atoms with E-state index in [1.807, 2.05) is 4.90 Å². The fraction of sp³-hybridized carbons (Fsp3) is 0.882. The molecule has 1 saturated heterocycles. The first-order valence-corrected chi connectivity index (χ1v) is 8.92. The zero-order chi connectivity index (χ0) is 15.6. The summed E-state index contributed by atoms with van der Waals surface area (Å²) in [5.74, 6) is 0.0759. The van der Waals surface area contributed by atoms with E-state index in [2.05, 4.69) is 10.6 Å². The molecule has 2 aliphatic carbocycles. The number of carbonyl (C=O) groups excluding carboxylic acids is 2. The molecule has 1 heterocycles. The lowest BCUT2D eigenvalue weighted by Gasteiger charge is -2.29. The summed E-state index contributed by atoms with van der Waals surface area (Å²) in [5.41, 5.74) is 0.0317. The zero-order valence-electron chi connectivity index (χ0n) is 13.7. The van der Waals surface area contributed by atoms with Crippen molar-refractivity contribution >= 4 is 11.9 Å². The van der Waals surface area contributed by atoms with Crippen LogP contribution in [-0.2, 0) is 4.79 Å². The summed E-state index contributed by atoms with van der Waals surface area (Å²) in [6.45, 7) is 1.34. The monoisotopic (exact) mass is 307 g/mol. The Morgan fingerprint density at radius 1 is 1.05 bits per heavy atom. The van der Waals surface area contributed by atoms with Crippen LogP contribution in [0.15, 0.2) is 0 Å². The molecule has 0 bridgehead atoms. The molecule has 3 amide bonds. The van der Waals surface area contributed by atoms with E-state index in [9.17, 15) is 9.59 Å². The van der Waals surface area contributed by atoms with Crippen LogP contribution in [0.3, 0.4) is 0 Å². The highest BCUT2D eigenvalue weighted by atomic mass is 16.2.